The summed E-state index contributed by atoms with van der Waals surface area (Å²) in [6.45, 7) is 13.7. The van der Waals surface area contributed by atoms with Crippen LogP contribution in [0.4, 0.5) is 17.1 Å². The molecule has 2 heteroatoms. The van der Waals surface area contributed by atoms with Crippen molar-refractivity contribution in [2.45, 2.75) is 41.5 Å². The van der Waals surface area contributed by atoms with Crippen LogP contribution in [0.25, 0.3) is 21.5 Å². The van der Waals surface area contributed by atoms with Crippen LogP contribution in [0.3, 0.4) is 0 Å². The van der Waals surface area contributed by atoms with E-state index in [1.807, 2.05) is 0 Å². The standard InChI is InChI=1S/C44H40BN/c1-29-25-31(3)41(32(4)26-29)45(42-33(5)27-30(2)28-34(42)6)43-37-21-13-15-23-39(37)44(40-24-16-14-22-38(40)43)46(35-17-9-7-10-18-35)36-19-11-8-12-20-36/h7-28H,1-6H3. The van der Waals surface area contributed by atoms with Crippen LogP contribution in [0.2, 0.25) is 0 Å². The summed E-state index contributed by atoms with van der Waals surface area (Å²) >= 11 is 0. The molecular formula is C44H40BN. The number of hydrogen-bond donors (Lipinski definition) is 0. The number of benzene rings is 7. The molecule has 0 aliphatic heterocycles. The maximum Gasteiger partial charge on any atom is 0.244 e. The average Bonchev–Trinajstić information content (AvgIpc) is 3.04. The van der Waals surface area contributed by atoms with Gasteiger partial charge in [-0.3, -0.25) is 0 Å². The molecule has 0 aromatic heterocycles. The number of hydrogen-bond acceptors (Lipinski definition) is 1. The van der Waals surface area contributed by atoms with Crippen LogP contribution >= 0.6 is 0 Å². The number of rotatable bonds is 6. The van der Waals surface area contributed by atoms with E-state index in [-0.39, 0.29) is 6.71 Å². The van der Waals surface area contributed by atoms with Gasteiger partial charge in [0.15, 0.2) is 0 Å². The fourth-order valence-corrected chi connectivity index (χ4v) is 7.98. The van der Waals surface area contributed by atoms with Crippen LogP contribution < -0.4 is 21.3 Å². The number of fused-ring (bicyclic) bond motifs is 2. The van der Waals surface area contributed by atoms with Gasteiger partial charge in [-0.1, -0.05) is 159 Å². The molecule has 0 heterocycles. The summed E-state index contributed by atoms with van der Waals surface area (Å²) in [5, 5.41) is 5.08. The topological polar surface area (TPSA) is 3.24 Å². The van der Waals surface area contributed by atoms with Crippen LogP contribution in [0.15, 0.2) is 133 Å². The van der Waals surface area contributed by atoms with Gasteiger partial charge in [-0.15, -0.1) is 0 Å². The summed E-state index contributed by atoms with van der Waals surface area (Å²) in [6, 6.07) is 49.1. The predicted octanol–water partition coefficient (Wildman–Crippen LogP) is 9.83. The van der Waals surface area contributed by atoms with Gasteiger partial charge in [0, 0.05) is 22.1 Å². The van der Waals surface area contributed by atoms with Crippen LogP contribution in [0.5, 0.6) is 0 Å². The molecule has 0 spiro atoms. The Morgan fingerprint density at radius 3 is 1.07 bits per heavy atom. The Kier molecular flexibility index (Phi) is 7.74. The van der Waals surface area contributed by atoms with Crippen molar-refractivity contribution in [3.63, 3.8) is 0 Å². The molecule has 224 valence electrons. The van der Waals surface area contributed by atoms with Gasteiger partial charge in [-0.05, 0) is 76.6 Å². The Bertz CT molecular complexity index is 2020. The van der Waals surface area contributed by atoms with Crippen molar-refractivity contribution >= 4 is 61.7 Å². The molecule has 0 unspecified atom stereocenters. The van der Waals surface area contributed by atoms with E-state index in [9.17, 15) is 0 Å². The van der Waals surface area contributed by atoms with Gasteiger partial charge in [0.1, 0.15) is 0 Å². The first-order valence-electron chi connectivity index (χ1n) is 16.3. The molecule has 7 aromatic rings. The van der Waals surface area contributed by atoms with E-state index in [1.165, 1.54) is 77.0 Å². The van der Waals surface area contributed by atoms with Crippen molar-refractivity contribution in [2.24, 2.45) is 0 Å². The van der Waals surface area contributed by atoms with Gasteiger partial charge in [0.2, 0.25) is 6.71 Å². The zero-order chi connectivity index (χ0) is 31.9. The largest absolute Gasteiger partial charge is 0.309 e. The highest BCUT2D eigenvalue weighted by Gasteiger charge is 2.33. The van der Waals surface area contributed by atoms with Crippen molar-refractivity contribution in [2.75, 3.05) is 4.90 Å². The number of nitrogens with zero attached hydrogens (tertiary/aromatic N) is 1. The molecule has 7 aromatic carbocycles. The second kappa shape index (κ2) is 12.0. The molecule has 0 saturated carbocycles. The van der Waals surface area contributed by atoms with Crippen molar-refractivity contribution in [3.05, 3.63) is 167 Å². The maximum absolute atomic E-state index is 2.44. The fourth-order valence-electron chi connectivity index (χ4n) is 7.98. The molecule has 0 amide bonds. The quantitative estimate of drug-likeness (QED) is 0.137. The smallest absolute Gasteiger partial charge is 0.244 e. The van der Waals surface area contributed by atoms with Gasteiger partial charge in [0.25, 0.3) is 0 Å². The van der Waals surface area contributed by atoms with Gasteiger partial charge in [-0.2, -0.15) is 0 Å². The molecule has 7 rings (SSSR count). The summed E-state index contributed by atoms with van der Waals surface area (Å²) in [5.41, 5.74) is 15.7. The first-order chi connectivity index (χ1) is 22.3. The average molecular weight is 594 g/mol. The third-order valence-electron chi connectivity index (χ3n) is 9.54. The van der Waals surface area contributed by atoms with Crippen molar-refractivity contribution in [3.8, 4) is 0 Å². The molecule has 0 bridgehead atoms. The minimum atomic E-state index is 0.0620. The summed E-state index contributed by atoms with van der Waals surface area (Å²) in [7, 11) is 0. The third-order valence-corrected chi connectivity index (χ3v) is 9.54. The van der Waals surface area contributed by atoms with Gasteiger partial charge in [-0.25, -0.2) is 0 Å². The molecule has 0 atom stereocenters. The zero-order valence-corrected chi connectivity index (χ0v) is 27.7. The molecule has 0 saturated heterocycles. The minimum Gasteiger partial charge on any atom is -0.309 e. The maximum atomic E-state index is 2.44. The van der Waals surface area contributed by atoms with E-state index in [0.29, 0.717) is 0 Å². The highest BCUT2D eigenvalue weighted by Crippen LogP contribution is 2.43. The lowest BCUT2D eigenvalue weighted by Crippen LogP contribution is -2.56. The molecule has 1 nitrogen and oxygen atoms in total. The van der Waals surface area contributed by atoms with E-state index in [4.69, 9.17) is 0 Å². The van der Waals surface area contributed by atoms with E-state index < -0.39 is 0 Å². The summed E-state index contributed by atoms with van der Waals surface area (Å²) in [6.07, 6.45) is 0. The second-order valence-electron chi connectivity index (χ2n) is 12.9. The van der Waals surface area contributed by atoms with Crippen LogP contribution in [-0.4, -0.2) is 6.71 Å². The lowest BCUT2D eigenvalue weighted by molar-refractivity contribution is 1.31. The highest BCUT2D eigenvalue weighted by molar-refractivity contribution is 6.99. The molecule has 0 radical (unpaired) electrons. The molecule has 0 N–H and O–H groups in total. The Hall–Kier alpha value is -5.08. The Morgan fingerprint density at radius 2 is 0.696 bits per heavy atom. The van der Waals surface area contributed by atoms with E-state index in [0.717, 1.165) is 11.4 Å². The number of para-hydroxylation sites is 2. The second-order valence-corrected chi connectivity index (χ2v) is 12.9. The van der Waals surface area contributed by atoms with Crippen LogP contribution in [0.1, 0.15) is 33.4 Å². The fraction of sp³-hybridized carbons (Fsp3) is 0.136. The van der Waals surface area contributed by atoms with E-state index in [1.54, 1.807) is 0 Å². The monoisotopic (exact) mass is 593 g/mol. The highest BCUT2D eigenvalue weighted by atomic mass is 15.1. The first kappa shape index (κ1) is 29.6. The summed E-state index contributed by atoms with van der Waals surface area (Å²) in [5.74, 6) is 0. The first-order valence-corrected chi connectivity index (χ1v) is 16.3. The summed E-state index contributed by atoms with van der Waals surface area (Å²) < 4.78 is 0. The molecule has 0 fully saturated rings. The van der Waals surface area contributed by atoms with Crippen LogP contribution in [0, 0.1) is 41.5 Å². The molecule has 46 heavy (non-hydrogen) atoms. The molecular weight excluding hydrogens is 553 g/mol. The van der Waals surface area contributed by atoms with Gasteiger partial charge in [0.05, 0.1) is 5.69 Å². The van der Waals surface area contributed by atoms with E-state index >= 15 is 0 Å². The Balaban J connectivity index is 1.67. The summed E-state index contributed by atoms with van der Waals surface area (Å²) in [4.78, 5) is 2.44. The number of aryl methyl sites for hydroxylation is 6. The third kappa shape index (κ3) is 5.09. The normalized spacial score (nSPS) is 11.3. The van der Waals surface area contributed by atoms with Crippen LogP contribution in [-0.2, 0) is 0 Å². The van der Waals surface area contributed by atoms with Crippen molar-refractivity contribution < 1.29 is 0 Å². The van der Waals surface area contributed by atoms with Crippen molar-refractivity contribution in [1.82, 2.24) is 0 Å². The lowest BCUT2D eigenvalue weighted by Gasteiger charge is -2.31. The minimum absolute atomic E-state index is 0.0620. The zero-order valence-electron chi connectivity index (χ0n) is 27.7. The van der Waals surface area contributed by atoms with E-state index in [2.05, 4.69) is 180 Å². The Labute approximate surface area is 274 Å². The molecule has 0 aliphatic carbocycles. The van der Waals surface area contributed by atoms with Gasteiger partial charge < -0.3 is 4.90 Å². The predicted molar refractivity (Wildman–Crippen MR) is 202 cm³/mol. The SMILES string of the molecule is Cc1cc(C)c(B(c2c(C)cc(C)cc2C)c2c3ccccc3c(N(c3ccccc3)c3ccccc3)c3ccccc23)c(C)c1. The molecule has 0 aliphatic rings. The van der Waals surface area contributed by atoms with Crippen molar-refractivity contribution in [1.29, 1.82) is 0 Å². The van der Waals surface area contributed by atoms with Gasteiger partial charge >= 0.3 is 0 Å². The number of anilines is 3. The lowest BCUT2D eigenvalue weighted by atomic mass is 9.33. The Morgan fingerprint density at radius 1 is 0.370 bits per heavy atom.